The number of carbonyl (C=O) groups excluding carboxylic acids is 3. The van der Waals surface area contributed by atoms with Crippen molar-refractivity contribution in [3.63, 3.8) is 0 Å². The summed E-state index contributed by atoms with van der Waals surface area (Å²) in [6.07, 6.45) is 3.73. The van der Waals surface area contributed by atoms with Crippen molar-refractivity contribution in [3.05, 3.63) is 45.8 Å². The average Bonchev–Trinajstić information content (AvgIpc) is 3.09. The average molecular weight is 403 g/mol. The lowest BCUT2D eigenvalue weighted by Crippen LogP contribution is -2.21. The van der Waals surface area contributed by atoms with Crippen LogP contribution in [0.3, 0.4) is 0 Å². The van der Waals surface area contributed by atoms with E-state index in [9.17, 15) is 14.4 Å². The number of esters is 2. The van der Waals surface area contributed by atoms with Crippen LogP contribution in [0.5, 0.6) is 5.75 Å². The van der Waals surface area contributed by atoms with Crippen molar-refractivity contribution in [2.75, 3.05) is 26.1 Å². The van der Waals surface area contributed by atoms with Crippen molar-refractivity contribution in [2.45, 2.75) is 25.7 Å². The molecule has 0 atom stereocenters. The zero-order valence-electron chi connectivity index (χ0n) is 15.7. The highest BCUT2D eigenvalue weighted by atomic mass is 32.1. The number of fused-ring (bicyclic) bond motifs is 1. The number of hydrogen-bond acceptors (Lipinski definition) is 7. The topological polar surface area (TPSA) is 90.9 Å². The van der Waals surface area contributed by atoms with Crippen molar-refractivity contribution in [1.82, 2.24) is 0 Å². The minimum absolute atomic E-state index is 0.315. The van der Waals surface area contributed by atoms with Gasteiger partial charge < -0.3 is 19.5 Å². The number of rotatable bonds is 6. The molecule has 0 radical (unpaired) electrons. The van der Waals surface area contributed by atoms with Gasteiger partial charge in [-0.05, 0) is 55.5 Å². The number of hydrogen-bond donors (Lipinski definition) is 1. The maximum atomic E-state index is 12.3. The number of methoxy groups -OCH3 is 2. The van der Waals surface area contributed by atoms with Crippen LogP contribution in [0.1, 0.15) is 44.0 Å². The Morgan fingerprint density at radius 2 is 1.75 bits per heavy atom. The third kappa shape index (κ3) is 4.33. The van der Waals surface area contributed by atoms with E-state index in [1.165, 1.54) is 25.6 Å². The molecule has 0 fully saturated rings. The largest absolute Gasteiger partial charge is 0.497 e. The number of thiophene rings is 1. The summed E-state index contributed by atoms with van der Waals surface area (Å²) in [5, 5.41) is 3.14. The molecule has 0 bridgehead atoms. The predicted octanol–water partition coefficient (Wildman–Crippen LogP) is 3.22. The predicted molar refractivity (Wildman–Crippen MR) is 104 cm³/mol. The molecule has 8 heteroatoms. The minimum Gasteiger partial charge on any atom is -0.497 e. The Hall–Kier alpha value is -2.87. The number of carbonyl (C=O) groups is 3. The first-order valence-corrected chi connectivity index (χ1v) is 9.69. The summed E-state index contributed by atoms with van der Waals surface area (Å²) in [7, 11) is 2.85. The zero-order chi connectivity index (χ0) is 20.1. The van der Waals surface area contributed by atoms with Crippen molar-refractivity contribution in [2.24, 2.45) is 0 Å². The Morgan fingerprint density at radius 3 is 2.43 bits per heavy atom. The second-order valence-electron chi connectivity index (χ2n) is 6.26. The third-order valence-corrected chi connectivity index (χ3v) is 5.68. The molecule has 7 nitrogen and oxygen atoms in total. The molecule has 1 amide bonds. The number of anilines is 1. The second-order valence-corrected chi connectivity index (χ2v) is 7.36. The van der Waals surface area contributed by atoms with E-state index in [0.29, 0.717) is 21.9 Å². The number of benzene rings is 1. The highest BCUT2D eigenvalue weighted by Crippen LogP contribution is 2.38. The zero-order valence-corrected chi connectivity index (χ0v) is 16.5. The van der Waals surface area contributed by atoms with Gasteiger partial charge in [0, 0.05) is 4.88 Å². The first-order chi connectivity index (χ1) is 13.5. The minimum atomic E-state index is -0.614. The molecule has 0 unspecified atom stereocenters. The smallest absolute Gasteiger partial charge is 0.341 e. The van der Waals surface area contributed by atoms with Gasteiger partial charge in [-0.2, -0.15) is 0 Å². The van der Waals surface area contributed by atoms with Crippen LogP contribution < -0.4 is 10.1 Å². The second kappa shape index (κ2) is 8.88. The van der Waals surface area contributed by atoms with E-state index < -0.39 is 24.5 Å². The molecule has 3 rings (SSSR count). The van der Waals surface area contributed by atoms with Gasteiger partial charge in [-0.15, -0.1) is 11.3 Å². The monoisotopic (exact) mass is 403 g/mol. The molecule has 28 heavy (non-hydrogen) atoms. The van der Waals surface area contributed by atoms with Gasteiger partial charge in [0.2, 0.25) is 0 Å². The number of amides is 1. The Kier molecular flexibility index (Phi) is 6.30. The van der Waals surface area contributed by atoms with Gasteiger partial charge in [0.15, 0.2) is 6.61 Å². The molecule has 1 aliphatic rings. The standard InChI is InChI=1S/C20H21NO6S/c1-25-13-9-7-12(8-10-13)19(23)27-11-16(22)21-18-17(20(24)26-2)14-5-3-4-6-15(14)28-18/h7-10H,3-6,11H2,1-2H3,(H,21,22). The fourth-order valence-corrected chi connectivity index (χ4v) is 4.37. The van der Waals surface area contributed by atoms with Crippen LogP contribution in [-0.4, -0.2) is 38.7 Å². The molecule has 2 aromatic rings. The molecule has 0 aliphatic heterocycles. The summed E-state index contributed by atoms with van der Waals surface area (Å²) in [4.78, 5) is 37.6. The lowest BCUT2D eigenvalue weighted by molar-refractivity contribution is -0.119. The van der Waals surface area contributed by atoms with Crippen LogP contribution in [0.4, 0.5) is 5.00 Å². The molecule has 1 heterocycles. The van der Waals surface area contributed by atoms with E-state index in [4.69, 9.17) is 14.2 Å². The van der Waals surface area contributed by atoms with E-state index in [-0.39, 0.29) is 0 Å². The number of aryl methyl sites for hydroxylation is 1. The van der Waals surface area contributed by atoms with Gasteiger partial charge in [-0.1, -0.05) is 0 Å². The van der Waals surface area contributed by atoms with E-state index in [0.717, 1.165) is 36.1 Å². The van der Waals surface area contributed by atoms with Crippen LogP contribution in [0.15, 0.2) is 24.3 Å². The molecule has 1 N–H and O–H groups in total. The maximum Gasteiger partial charge on any atom is 0.341 e. The summed E-state index contributed by atoms with van der Waals surface area (Å²) in [6, 6.07) is 6.38. The molecular weight excluding hydrogens is 382 g/mol. The Balaban J connectivity index is 1.65. The third-order valence-electron chi connectivity index (χ3n) is 4.47. The van der Waals surface area contributed by atoms with E-state index in [1.807, 2.05) is 0 Å². The highest BCUT2D eigenvalue weighted by molar-refractivity contribution is 7.17. The fourth-order valence-electron chi connectivity index (χ4n) is 3.08. The van der Waals surface area contributed by atoms with Crippen molar-refractivity contribution >= 4 is 34.2 Å². The Bertz CT molecular complexity index is 887. The fraction of sp³-hybridized carbons (Fsp3) is 0.350. The lowest BCUT2D eigenvalue weighted by Gasteiger charge is -2.11. The summed E-state index contributed by atoms with van der Waals surface area (Å²) >= 11 is 1.38. The summed E-state index contributed by atoms with van der Waals surface area (Å²) < 4.78 is 15.0. The number of ether oxygens (including phenoxy) is 3. The molecule has 148 valence electrons. The maximum absolute atomic E-state index is 12.3. The van der Waals surface area contributed by atoms with Crippen molar-refractivity contribution in [1.29, 1.82) is 0 Å². The first kappa shape index (κ1) is 19.9. The molecule has 0 saturated heterocycles. The van der Waals surface area contributed by atoms with Gasteiger partial charge >= 0.3 is 11.9 Å². The molecule has 0 spiro atoms. The van der Waals surface area contributed by atoms with Gasteiger partial charge in [0.05, 0.1) is 25.3 Å². The van der Waals surface area contributed by atoms with E-state index in [2.05, 4.69) is 5.32 Å². The van der Waals surface area contributed by atoms with Crippen LogP contribution >= 0.6 is 11.3 Å². The van der Waals surface area contributed by atoms with Crippen molar-refractivity contribution in [3.8, 4) is 5.75 Å². The van der Waals surface area contributed by atoms with E-state index >= 15 is 0 Å². The summed E-state index contributed by atoms with van der Waals surface area (Å²) in [6.45, 7) is -0.450. The Labute approximate surface area is 166 Å². The Morgan fingerprint density at radius 1 is 1.04 bits per heavy atom. The SMILES string of the molecule is COC(=O)c1c(NC(=O)COC(=O)c2ccc(OC)cc2)sc2c1CCCC2. The molecule has 1 aliphatic carbocycles. The molecule has 1 aromatic heterocycles. The normalized spacial score (nSPS) is 12.6. The van der Waals surface area contributed by atoms with Crippen LogP contribution in [0.2, 0.25) is 0 Å². The van der Waals surface area contributed by atoms with Gasteiger partial charge in [0.25, 0.3) is 5.91 Å². The molecular formula is C20H21NO6S. The number of nitrogens with one attached hydrogen (secondary N) is 1. The first-order valence-electron chi connectivity index (χ1n) is 8.87. The summed E-state index contributed by atoms with van der Waals surface area (Å²) in [5.74, 6) is -0.974. The van der Waals surface area contributed by atoms with Gasteiger partial charge in [-0.25, -0.2) is 9.59 Å². The van der Waals surface area contributed by atoms with Gasteiger partial charge in [0.1, 0.15) is 10.8 Å². The molecule has 1 aromatic carbocycles. The quantitative estimate of drug-likeness (QED) is 0.745. The van der Waals surface area contributed by atoms with E-state index in [1.54, 1.807) is 24.3 Å². The van der Waals surface area contributed by atoms with Crippen LogP contribution in [0, 0.1) is 0 Å². The van der Waals surface area contributed by atoms with Gasteiger partial charge in [-0.3, -0.25) is 4.79 Å². The van der Waals surface area contributed by atoms with Crippen LogP contribution in [-0.2, 0) is 27.1 Å². The summed E-state index contributed by atoms with van der Waals surface area (Å²) in [5.41, 5.74) is 1.68. The molecule has 0 saturated carbocycles. The highest BCUT2D eigenvalue weighted by Gasteiger charge is 2.27. The lowest BCUT2D eigenvalue weighted by atomic mass is 9.95. The van der Waals surface area contributed by atoms with Crippen molar-refractivity contribution < 1.29 is 28.6 Å². The van der Waals surface area contributed by atoms with Crippen LogP contribution in [0.25, 0.3) is 0 Å².